The van der Waals surface area contributed by atoms with Gasteiger partial charge >= 0.3 is 0 Å². The predicted octanol–water partition coefficient (Wildman–Crippen LogP) is 0.115. The van der Waals surface area contributed by atoms with Crippen LogP contribution in [0, 0.1) is 0 Å². The fourth-order valence-corrected chi connectivity index (χ4v) is 0.491. The largest absolute Gasteiger partial charge is 0.380 e. The monoisotopic (exact) mass is 162 g/mol. The lowest BCUT2D eigenvalue weighted by atomic mass is 10.4. The quantitative estimate of drug-likeness (QED) is 0.577. The van der Waals surface area contributed by atoms with Gasteiger partial charge in [-0.3, -0.25) is 0 Å². The molecule has 0 spiro atoms. The minimum absolute atomic E-state index is 0.200. The number of thiocarbonyl (C=S) groups is 1. The molecule has 60 valence electrons. The molecule has 0 aromatic carbocycles. The smallest absolute Gasteiger partial charge is 0.166 e. The highest BCUT2D eigenvalue weighted by molar-refractivity contribution is 7.80. The van der Waals surface area contributed by atoms with E-state index >= 15 is 0 Å². The van der Waals surface area contributed by atoms with Crippen LogP contribution in [0.15, 0.2) is 0 Å². The molecule has 0 fully saturated rings. The second-order valence-corrected chi connectivity index (χ2v) is 2.41. The second kappa shape index (κ2) is 5.44. The zero-order chi connectivity index (χ0) is 7.98. The van der Waals surface area contributed by atoms with E-state index in [-0.39, 0.29) is 6.10 Å². The van der Waals surface area contributed by atoms with Gasteiger partial charge in [-0.2, -0.15) is 0 Å². The van der Waals surface area contributed by atoms with Gasteiger partial charge in [0.2, 0.25) is 0 Å². The molecule has 0 rings (SSSR count). The van der Waals surface area contributed by atoms with Crippen molar-refractivity contribution < 1.29 is 4.74 Å². The van der Waals surface area contributed by atoms with E-state index in [9.17, 15) is 0 Å². The summed E-state index contributed by atoms with van der Waals surface area (Å²) < 4.78 is 5.00. The first-order chi connectivity index (χ1) is 4.70. The van der Waals surface area contributed by atoms with E-state index in [0.717, 1.165) is 6.54 Å². The summed E-state index contributed by atoms with van der Waals surface area (Å²) in [5.74, 6) is 0. The average molecular weight is 162 g/mol. The lowest BCUT2D eigenvalue weighted by molar-refractivity contribution is 0.121. The molecule has 0 aliphatic rings. The average Bonchev–Trinajstić information content (AvgIpc) is 1.99. The topological polar surface area (TPSA) is 33.3 Å². The van der Waals surface area contributed by atoms with E-state index in [4.69, 9.17) is 17.0 Å². The maximum Gasteiger partial charge on any atom is 0.166 e. The molecule has 2 N–H and O–H groups in total. The summed E-state index contributed by atoms with van der Waals surface area (Å²) in [5.41, 5.74) is 0. The standard InChI is InChI=1S/C6H14N2OS/c1-5(9-3)4-8-6(10)7-2/h5H,4H2,1-3H3,(H2,7,8,10). The molecule has 0 aromatic rings. The molecule has 0 aliphatic carbocycles. The van der Waals surface area contributed by atoms with E-state index in [1.54, 1.807) is 14.2 Å². The predicted molar refractivity (Wildman–Crippen MR) is 46.1 cm³/mol. The van der Waals surface area contributed by atoms with Gasteiger partial charge in [0, 0.05) is 20.7 Å². The molecule has 1 unspecified atom stereocenters. The normalized spacial score (nSPS) is 12.3. The molecule has 1 atom stereocenters. The Morgan fingerprint density at radius 3 is 2.70 bits per heavy atom. The minimum Gasteiger partial charge on any atom is -0.380 e. The van der Waals surface area contributed by atoms with Crippen LogP contribution < -0.4 is 10.6 Å². The summed E-state index contributed by atoms with van der Waals surface area (Å²) in [6.45, 7) is 2.72. The van der Waals surface area contributed by atoms with Crippen LogP contribution in [0.1, 0.15) is 6.92 Å². The van der Waals surface area contributed by atoms with Crippen molar-refractivity contribution >= 4 is 17.3 Å². The van der Waals surface area contributed by atoms with Crippen molar-refractivity contribution in [3.8, 4) is 0 Å². The Hall–Kier alpha value is -0.350. The Labute approximate surface area is 67.1 Å². The number of ether oxygens (including phenoxy) is 1. The van der Waals surface area contributed by atoms with Gasteiger partial charge in [0.05, 0.1) is 6.10 Å². The highest BCUT2D eigenvalue weighted by atomic mass is 32.1. The minimum atomic E-state index is 0.200. The molecule has 0 bridgehead atoms. The molecule has 0 radical (unpaired) electrons. The van der Waals surface area contributed by atoms with Gasteiger partial charge in [-0.25, -0.2) is 0 Å². The van der Waals surface area contributed by atoms with E-state index in [0.29, 0.717) is 5.11 Å². The molecular formula is C6H14N2OS. The third-order valence-electron chi connectivity index (χ3n) is 1.18. The summed E-state index contributed by atoms with van der Waals surface area (Å²) in [6, 6.07) is 0. The maximum absolute atomic E-state index is 5.00. The lowest BCUT2D eigenvalue weighted by Crippen LogP contribution is -2.37. The number of hydrogen-bond acceptors (Lipinski definition) is 2. The highest BCUT2D eigenvalue weighted by Gasteiger charge is 1.97. The number of hydrogen-bond donors (Lipinski definition) is 2. The van der Waals surface area contributed by atoms with Gasteiger partial charge in [-0.05, 0) is 19.1 Å². The summed E-state index contributed by atoms with van der Waals surface area (Å²) in [5, 5.41) is 6.44. The molecule has 0 aromatic heterocycles. The number of rotatable bonds is 3. The Morgan fingerprint density at radius 2 is 2.30 bits per heavy atom. The van der Waals surface area contributed by atoms with Crippen molar-refractivity contribution in [1.29, 1.82) is 0 Å². The van der Waals surface area contributed by atoms with Gasteiger partial charge in [-0.15, -0.1) is 0 Å². The highest BCUT2D eigenvalue weighted by Crippen LogP contribution is 1.82. The first-order valence-corrected chi connectivity index (χ1v) is 3.60. The fourth-order valence-electron chi connectivity index (χ4n) is 0.408. The Morgan fingerprint density at radius 1 is 1.70 bits per heavy atom. The van der Waals surface area contributed by atoms with Crippen molar-refractivity contribution in [1.82, 2.24) is 10.6 Å². The van der Waals surface area contributed by atoms with E-state index < -0.39 is 0 Å². The van der Waals surface area contributed by atoms with Gasteiger partial charge < -0.3 is 15.4 Å². The summed E-state index contributed by atoms with van der Waals surface area (Å²) in [6.07, 6.45) is 0.200. The molecule has 0 heterocycles. The molecule has 10 heavy (non-hydrogen) atoms. The van der Waals surface area contributed by atoms with Crippen LogP contribution in [0.2, 0.25) is 0 Å². The summed E-state index contributed by atoms with van der Waals surface area (Å²) in [4.78, 5) is 0. The van der Waals surface area contributed by atoms with Crippen LogP contribution in [0.25, 0.3) is 0 Å². The van der Waals surface area contributed by atoms with Crippen LogP contribution in [-0.4, -0.2) is 31.9 Å². The molecule has 0 saturated carbocycles. The van der Waals surface area contributed by atoms with Crippen molar-refractivity contribution in [3.05, 3.63) is 0 Å². The van der Waals surface area contributed by atoms with E-state index in [1.807, 2.05) is 6.92 Å². The van der Waals surface area contributed by atoms with Crippen LogP contribution in [0.3, 0.4) is 0 Å². The Balaban J connectivity index is 3.26. The van der Waals surface area contributed by atoms with Crippen molar-refractivity contribution in [3.63, 3.8) is 0 Å². The first kappa shape index (κ1) is 9.65. The van der Waals surface area contributed by atoms with Crippen LogP contribution in [-0.2, 0) is 4.74 Å². The van der Waals surface area contributed by atoms with Gasteiger partial charge in [0.25, 0.3) is 0 Å². The molecule has 3 nitrogen and oxygen atoms in total. The number of methoxy groups -OCH3 is 1. The van der Waals surface area contributed by atoms with Crippen molar-refractivity contribution in [2.75, 3.05) is 20.7 Å². The van der Waals surface area contributed by atoms with Crippen LogP contribution >= 0.6 is 12.2 Å². The van der Waals surface area contributed by atoms with Crippen LogP contribution in [0.5, 0.6) is 0 Å². The van der Waals surface area contributed by atoms with Crippen molar-refractivity contribution in [2.45, 2.75) is 13.0 Å². The van der Waals surface area contributed by atoms with Crippen LogP contribution in [0.4, 0.5) is 0 Å². The van der Waals surface area contributed by atoms with Gasteiger partial charge in [0.15, 0.2) is 5.11 Å². The van der Waals surface area contributed by atoms with Crippen molar-refractivity contribution in [2.24, 2.45) is 0 Å². The van der Waals surface area contributed by atoms with Gasteiger partial charge in [-0.1, -0.05) is 0 Å². The lowest BCUT2D eigenvalue weighted by Gasteiger charge is -2.11. The Kier molecular flexibility index (Phi) is 5.25. The Bertz CT molecular complexity index is 108. The zero-order valence-corrected chi connectivity index (χ0v) is 7.42. The molecule has 4 heteroatoms. The third kappa shape index (κ3) is 4.52. The maximum atomic E-state index is 5.00. The zero-order valence-electron chi connectivity index (χ0n) is 6.60. The molecule has 0 amide bonds. The van der Waals surface area contributed by atoms with E-state index in [1.165, 1.54) is 0 Å². The van der Waals surface area contributed by atoms with E-state index in [2.05, 4.69) is 10.6 Å². The SMILES string of the molecule is CNC(=S)NCC(C)OC. The molecule has 0 aliphatic heterocycles. The fraction of sp³-hybridized carbons (Fsp3) is 0.833. The molecular weight excluding hydrogens is 148 g/mol. The number of nitrogens with one attached hydrogen (secondary N) is 2. The second-order valence-electron chi connectivity index (χ2n) is 2.01. The summed E-state index contributed by atoms with van der Waals surface area (Å²) in [7, 11) is 3.46. The first-order valence-electron chi connectivity index (χ1n) is 3.19. The third-order valence-corrected chi connectivity index (χ3v) is 1.53. The summed E-state index contributed by atoms with van der Waals surface area (Å²) >= 11 is 4.84. The molecule has 0 saturated heterocycles. The van der Waals surface area contributed by atoms with Gasteiger partial charge in [0.1, 0.15) is 0 Å².